The second kappa shape index (κ2) is 6.97. The molecule has 1 aromatic rings. The van der Waals surface area contributed by atoms with E-state index in [2.05, 4.69) is 37.1 Å². The van der Waals surface area contributed by atoms with Crippen molar-refractivity contribution in [3.05, 3.63) is 28.8 Å². The van der Waals surface area contributed by atoms with E-state index in [1.54, 1.807) is 0 Å². The molecule has 1 saturated heterocycles. The minimum atomic E-state index is -0.140. The standard InChI is InChI=1S/C16H25ClN2O2/c1-16(2,3)18-9-12-5-4-6-14(17)15(12)19-7-8-21-13(10-19)11-20/h4-6,13,18,20H,7-11H2,1-3H3. The highest BCUT2D eigenvalue weighted by atomic mass is 35.5. The van der Waals surface area contributed by atoms with E-state index < -0.39 is 0 Å². The van der Waals surface area contributed by atoms with E-state index in [0.717, 1.165) is 23.8 Å². The molecule has 1 fully saturated rings. The highest BCUT2D eigenvalue weighted by Gasteiger charge is 2.23. The SMILES string of the molecule is CC(C)(C)NCc1cccc(Cl)c1N1CCOC(CO)C1. The van der Waals surface area contributed by atoms with Gasteiger partial charge in [-0.3, -0.25) is 0 Å². The van der Waals surface area contributed by atoms with Gasteiger partial charge in [-0.25, -0.2) is 0 Å². The molecule has 21 heavy (non-hydrogen) atoms. The Morgan fingerprint density at radius 2 is 2.19 bits per heavy atom. The van der Waals surface area contributed by atoms with Crippen molar-refractivity contribution in [3.63, 3.8) is 0 Å². The molecule has 118 valence electrons. The molecule has 5 heteroatoms. The van der Waals surface area contributed by atoms with Gasteiger partial charge in [0.25, 0.3) is 0 Å². The zero-order chi connectivity index (χ0) is 15.5. The molecular formula is C16H25ClN2O2. The quantitative estimate of drug-likeness (QED) is 0.896. The summed E-state index contributed by atoms with van der Waals surface area (Å²) >= 11 is 6.43. The molecule has 0 saturated carbocycles. The third-order valence-electron chi connectivity index (χ3n) is 3.54. The van der Waals surface area contributed by atoms with Crippen molar-refractivity contribution in [1.82, 2.24) is 5.32 Å². The lowest BCUT2D eigenvalue weighted by Gasteiger charge is -2.36. The minimum absolute atomic E-state index is 0.0382. The fourth-order valence-corrected chi connectivity index (χ4v) is 2.76. The van der Waals surface area contributed by atoms with E-state index in [0.29, 0.717) is 13.2 Å². The Kier molecular flexibility index (Phi) is 5.49. The number of anilines is 1. The number of halogens is 1. The summed E-state index contributed by atoms with van der Waals surface area (Å²) in [6.07, 6.45) is -0.140. The van der Waals surface area contributed by atoms with Crippen molar-refractivity contribution >= 4 is 17.3 Å². The summed E-state index contributed by atoms with van der Waals surface area (Å²) in [5, 5.41) is 13.6. The van der Waals surface area contributed by atoms with Crippen LogP contribution in [0.4, 0.5) is 5.69 Å². The third-order valence-corrected chi connectivity index (χ3v) is 3.84. The Hall–Kier alpha value is -0.810. The van der Waals surface area contributed by atoms with Gasteiger partial charge in [0, 0.05) is 25.2 Å². The van der Waals surface area contributed by atoms with Gasteiger partial charge in [0.05, 0.1) is 30.0 Å². The first-order valence-electron chi connectivity index (χ1n) is 7.40. The molecule has 1 unspecified atom stereocenters. The van der Waals surface area contributed by atoms with Crippen LogP contribution in [-0.4, -0.2) is 43.1 Å². The van der Waals surface area contributed by atoms with Gasteiger partial charge in [0.15, 0.2) is 0 Å². The van der Waals surface area contributed by atoms with Crippen molar-refractivity contribution in [2.24, 2.45) is 0 Å². The van der Waals surface area contributed by atoms with Crippen LogP contribution in [0, 0.1) is 0 Å². The molecule has 2 N–H and O–H groups in total. The second-order valence-electron chi connectivity index (χ2n) is 6.47. The molecule has 1 atom stereocenters. The smallest absolute Gasteiger partial charge is 0.0980 e. The van der Waals surface area contributed by atoms with Crippen LogP contribution in [0.3, 0.4) is 0 Å². The lowest BCUT2D eigenvalue weighted by atomic mass is 10.1. The molecule has 0 bridgehead atoms. The number of ether oxygens (including phenoxy) is 1. The third kappa shape index (κ3) is 4.58. The van der Waals surface area contributed by atoms with Crippen LogP contribution < -0.4 is 10.2 Å². The first-order chi connectivity index (χ1) is 9.90. The Bertz CT molecular complexity index is 474. The molecule has 0 spiro atoms. The molecule has 1 heterocycles. The number of hydrogen-bond acceptors (Lipinski definition) is 4. The molecule has 1 aromatic carbocycles. The van der Waals surface area contributed by atoms with Gasteiger partial charge in [-0.05, 0) is 32.4 Å². The van der Waals surface area contributed by atoms with E-state index in [-0.39, 0.29) is 18.2 Å². The summed E-state index contributed by atoms with van der Waals surface area (Å²) in [7, 11) is 0. The van der Waals surface area contributed by atoms with E-state index >= 15 is 0 Å². The van der Waals surface area contributed by atoms with Crippen molar-refractivity contribution < 1.29 is 9.84 Å². The van der Waals surface area contributed by atoms with Crippen LogP contribution in [-0.2, 0) is 11.3 Å². The van der Waals surface area contributed by atoms with Crippen LogP contribution in [0.15, 0.2) is 18.2 Å². The predicted octanol–water partition coefficient (Wildman–Crippen LogP) is 2.43. The molecule has 1 aliphatic rings. The number of morpholine rings is 1. The van der Waals surface area contributed by atoms with E-state index in [1.807, 2.05) is 12.1 Å². The Balaban J connectivity index is 2.21. The molecule has 2 rings (SSSR count). The van der Waals surface area contributed by atoms with Crippen molar-refractivity contribution in [2.45, 2.75) is 39.0 Å². The number of nitrogens with zero attached hydrogens (tertiary/aromatic N) is 1. The minimum Gasteiger partial charge on any atom is -0.394 e. The molecule has 0 amide bonds. The Morgan fingerprint density at radius 1 is 1.43 bits per heavy atom. The van der Waals surface area contributed by atoms with Gasteiger partial charge >= 0.3 is 0 Å². The lowest BCUT2D eigenvalue weighted by molar-refractivity contribution is 0.00352. The highest BCUT2D eigenvalue weighted by molar-refractivity contribution is 6.33. The first kappa shape index (κ1) is 16.6. The van der Waals surface area contributed by atoms with E-state index in [4.69, 9.17) is 16.3 Å². The molecule has 0 aliphatic carbocycles. The lowest BCUT2D eigenvalue weighted by Crippen LogP contribution is -2.45. The van der Waals surface area contributed by atoms with Crippen molar-refractivity contribution in [1.29, 1.82) is 0 Å². The van der Waals surface area contributed by atoms with Crippen LogP contribution in [0.25, 0.3) is 0 Å². The average Bonchev–Trinajstić information content (AvgIpc) is 2.44. The summed E-state index contributed by atoms with van der Waals surface area (Å²) in [4.78, 5) is 2.21. The topological polar surface area (TPSA) is 44.7 Å². The molecular weight excluding hydrogens is 288 g/mol. The number of aliphatic hydroxyl groups excluding tert-OH is 1. The number of hydrogen-bond donors (Lipinski definition) is 2. The molecule has 0 radical (unpaired) electrons. The Labute approximate surface area is 132 Å². The van der Waals surface area contributed by atoms with Gasteiger partial charge in [0.2, 0.25) is 0 Å². The summed E-state index contributed by atoms with van der Waals surface area (Å²) in [5.74, 6) is 0. The van der Waals surface area contributed by atoms with Gasteiger partial charge in [-0.2, -0.15) is 0 Å². The number of benzene rings is 1. The second-order valence-corrected chi connectivity index (χ2v) is 6.88. The molecule has 0 aromatic heterocycles. The van der Waals surface area contributed by atoms with Gasteiger partial charge < -0.3 is 20.1 Å². The maximum Gasteiger partial charge on any atom is 0.0980 e. The largest absolute Gasteiger partial charge is 0.394 e. The van der Waals surface area contributed by atoms with Gasteiger partial charge in [-0.15, -0.1) is 0 Å². The average molecular weight is 313 g/mol. The van der Waals surface area contributed by atoms with E-state index in [1.165, 1.54) is 5.56 Å². The Morgan fingerprint density at radius 3 is 2.86 bits per heavy atom. The summed E-state index contributed by atoms with van der Waals surface area (Å²) in [6, 6.07) is 6.00. The summed E-state index contributed by atoms with van der Waals surface area (Å²) in [6.45, 7) is 9.32. The van der Waals surface area contributed by atoms with Crippen LogP contribution in [0.2, 0.25) is 5.02 Å². The zero-order valence-electron chi connectivity index (χ0n) is 13.0. The summed E-state index contributed by atoms with van der Waals surface area (Å²) in [5.41, 5.74) is 2.28. The number of aliphatic hydroxyl groups is 1. The molecule has 4 nitrogen and oxygen atoms in total. The first-order valence-corrected chi connectivity index (χ1v) is 7.78. The van der Waals surface area contributed by atoms with Gasteiger partial charge in [-0.1, -0.05) is 23.7 Å². The number of para-hydroxylation sites is 1. The predicted molar refractivity (Wildman–Crippen MR) is 87.1 cm³/mol. The van der Waals surface area contributed by atoms with Crippen LogP contribution >= 0.6 is 11.6 Å². The maximum absolute atomic E-state index is 9.31. The van der Waals surface area contributed by atoms with Crippen LogP contribution in [0.1, 0.15) is 26.3 Å². The fraction of sp³-hybridized carbons (Fsp3) is 0.625. The van der Waals surface area contributed by atoms with Crippen LogP contribution in [0.5, 0.6) is 0 Å². The highest BCUT2D eigenvalue weighted by Crippen LogP contribution is 2.31. The fourth-order valence-electron chi connectivity index (χ4n) is 2.45. The van der Waals surface area contributed by atoms with Crippen molar-refractivity contribution in [2.75, 3.05) is 31.2 Å². The maximum atomic E-state index is 9.31. The number of nitrogens with one attached hydrogen (secondary N) is 1. The van der Waals surface area contributed by atoms with Crippen molar-refractivity contribution in [3.8, 4) is 0 Å². The number of rotatable bonds is 4. The molecule has 1 aliphatic heterocycles. The van der Waals surface area contributed by atoms with Gasteiger partial charge in [0.1, 0.15) is 0 Å². The normalized spacial score (nSPS) is 19.9. The zero-order valence-corrected chi connectivity index (χ0v) is 13.8. The van der Waals surface area contributed by atoms with E-state index in [9.17, 15) is 5.11 Å². The monoisotopic (exact) mass is 312 g/mol. The summed E-state index contributed by atoms with van der Waals surface area (Å²) < 4.78 is 5.52.